The molecular formula is C23H33NO11. The smallest absolute Gasteiger partial charge is 0.480 e. The molecule has 0 radical (unpaired) electrons. The van der Waals surface area contributed by atoms with Crippen LogP contribution in [0.2, 0.25) is 0 Å². The number of carbonyl (C=O) groups excluding carboxylic acids is 3. The molecule has 3 unspecified atom stereocenters. The summed E-state index contributed by atoms with van der Waals surface area (Å²) in [6, 6.07) is 2.64. The van der Waals surface area contributed by atoms with Crippen LogP contribution in [-0.4, -0.2) is 61.0 Å². The molecule has 12 heteroatoms. The predicted molar refractivity (Wildman–Crippen MR) is 121 cm³/mol. The standard InChI is InChI=1S/C23H33NO11/c1-6-13(4)32-23(29)33-14(5)11-16(19(24)20(25)26)15-9-10-17(34-21(27)30-7-2)18(12-15)35-22(28)31-8-3/h9-10,12-14,16,19H,6-8,11,24H2,1-5H3,(H,25,26)/t13?,14?,16?,19-/m0/s1. The number of nitrogens with two attached hydrogens (primary N) is 1. The second-order valence-electron chi connectivity index (χ2n) is 7.50. The summed E-state index contributed by atoms with van der Waals surface area (Å²) in [6.45, 7) is 8.35. The van der Waals surface area contributed by atoms with Crippen LogP contribution in [-0.2, 0) is 23.7 Å². The summed E-state index contributed by atoms with van der Waals surface area (Å²) in [5, 5.41) is 9.53. The molecule has 0 heterocycles. The van der Waals surface area contributed by atoms with Gasteiger partial charge in [0.2, 0.25) is 0 Å². The molecule has 0 aliphatic rings. The van der Waals surface area contributed by atoms with Crippen LogP contribution in [0.25, 0.3) is 0 Å². The first kappa shape index (κ1) is 29.5. The Morgan fingerprint density at radius 3 is 1.91 bits per heavy atom. The van der Waals surface area contributed by atoms with Gasteiger partial charge in [0, 0.05) is 5.92 Å². The van der Waals surface area contributed by atoms with Crippen molar-refractivity contribution in [2.45, 2.75) is 71.6 Å². The summed E-state index contributed by atoms with van der Waals surface area (Å²) >= 11 is 0. The molecule has 0 aliphatic carbocycles. The van der Waals surface area contributed by atoms with Crippen molar-refractivity contribution in [3.8, 4) is 11.5 Å². The minimum absolute atomic E-state index is 0.000000759. The van der Waals surface area contributed by atoms with Gasteiger partial charge in [-0.3, -0.25) is 4.79 Å². The fraction of sp³-hybridized carbons (Fsp3) is 0.565. The molecule has 0 spiro atoms. The Kier molecular flexibility index (Phi) is 12.4. The van der Waals surface area contributed by atoms with Crippen LogP contribution >= 0.6 is 0 Å². The molecule has 4 atom stereocenters. The monoisotopic (exact) mass is 499 g/mol. The summed E-state index contributed by atoms with van der Waals surface area (Å²) in [5.41, 5.74) is 6.24. The van der Waals surface area contributed by atoms with Gasteiger partial charge in [0.25, 0.3) is 0 Å². The van der Waals surface area contributed by atoms with Crippen molar-refractivity contribution in [3.63, 3.8) is 0 Å². The van der Waals surface area contributed by atoms with Gasteiger partial charge in [-0.15, -0.1) is 0 Å². The molecule has 35 heavy (non-hydrogen) atoms. The van der Waals surface area contributed by atoms with Crippen LogP contribution in [0.4, 0.5) is 14.4 Å². The summed E-state index contributed by atoms with van der Waals surface area (Å²) < 4.78 is 30.0. The molecule has 1 aromatic rings. The number of benzene rings is 1. The van der Waals surface area contributed by atoms with Crippen molar-refractivity contribution >= 4 is 24.4 Å². The van der Waals surface area contributed by atoms with Crippen LogP contribution in [0, 0.1) is 0 Å². The number of rotatable bonds is 12. The zero-order chi connectivity index (χ0) is 26.5. The number of hydrogen-bond acceptors (Lipinski definition) is 11. The molecule has 1 aromatic carbocycles. The van der Waals surface area contributed by atoms with Gasteiger partial charge in [-0.2, -0.15) is 0 Å². The van der Waals surface area contributed by atoms with Crippen molar-refractivity contribution in [2.75, 3.05) is 13.2 Å². The average molecular weight is 500 g/mol. The fourth-order valence-corrected chi connectivity index (χ4v) is 2.90. The van der Waals surface area contributed by atoms with E-state index in [1.54, 1.807) is 27.7 Å². The van der Waals surface area contributed by atoms with E-state index < -0.39 is 42.5 Å². The topological polar surface area (TPSA) is 170 Å². The van der Waals surface area contributed by atoms with Crippen LogP contribution in [0.3, 0.4) is 0 Å². The highest BCUT2D eigenvalue weighted by atomic mass is 16.7. The molecule has 3 N–H and O–H groups in total. The van der Waals surface area contributed by atoms with Crippen molar-refractivity contribution in [3.05, 3.63) is 23.8 Å². The Balaban J connectivity index is 3.25. The lowest BCUT2D eigenvalue weighted by atomic mass is 9.87. The second kappa shape index (κ2) is 14.7. The van der Waals surface area contributed by atoms with Gasteiger partial charge in [-0.05, 0) is 58.2 Å². The molecule has 0 saturated heterocycles. The lowest BCUT2D eigenvalue weighted by Crippen LogP contribution is -2.38. The third-order valence-electron chi connectivity index (χ3n) is 4.78. The average Bonchev–Trinajstić information content (AvgIpc) is 2.78. The number of carboxylic acids is 1. The van der Waals surface area contributed by atoms with E-state index in [4.69, 9.17) is 34.2 Å². The Hall–Kier alpha value is -3.54. The molecule has 1 rings (SSSR count). The second-order valence-corrected chi connectivity index (χ2v) is 7.50. The fourth-order valence-electron chi connectivity index (χ4n) is 2.90. The zero-order valence-electron chi connectivity index (χ0n) is 20.5. The highest BCUT2D eigenvalue weighted by Gasteiger charge is 2.30. The van der Waals surface area contributed by atoms with E-state index in [1.165, 1.54) is 18.2 Å². The number of ether oxygens (including phenoxy) is 6. The van der Waals surface area contributed by atoms with Crippen LogP contribution in [0.1, 0.15) is 58.9 Å². The van der Waals surface area contributed by atoms with Crippen LogP contribution < -0.4 is 15.2 Å². The summed E-state index contributed by atoms with van der Waals surface area (Å²) in [5.74, 6) is -2.57. The zero-order valence-corrected chi connectivity index (χ0v) is 20.5. The third kappa shape index (κ3) is 10.1. The Morgan fingerprint density at radius 1 is 0.857 bits per heavy atom. The van der Waals surface area contributed by atoms with Crippen molar-refractivity contribution in [1.29, 1.82) is 0 Å². The quantitative estimate of drug-likeness (QED) is 0.241. The number of carboxylic acid groups (broad SMARTS) is 1. The first-order valence-corrected chi connectivity index (χ1v) is 11.2. The van der Waals surface area contributed by atoms with Crippen molar-refractivity contribution in [1.82, 2.24) is 0 Å². The van der Waals surface area contributed by atoms with Gasteiger partial charge < -0.3 is 39.3 Å². The SMILES string of the molecule is CCOC(=O)Oc1ccc(C(CC(C)OC(=O)OC(C)CC)[C@H](N)C(=O)O)cc1OC(=O)OCC. The summed E-state index contributed by atoms with van der Waals surface area (Å²) in [6.07, 6.45) is -3.51. The highest BCUT2D eigenvalue weighted by Crippen LogP contribution is 2.35. The van der Waals surface area contributed by atoms with Gasteiger partial charge in [0.15, 0.2) is 11.5 Å². The lowest BCUT2D eigenvalue weighted by molar-refractivity contribution is -0.139. The molecule has 0 bridgehead atoms. The number of aliphatic carboxylic acids is 1. The van der Waals surface area contributed by atoms with Gasteiger partial charge in [0.05, 0.1) is 13.2 Å². The third-order valence-corrected chi connectivity index (χ3v) is 4.78. The largest absolute Gasteiger partial charge is 0.513 e. The molecule has 12 nitrogen and oxygen atoms in total. The van der Waals surface area contributed by atoms with E-state index in [2.05, 4.69) is 0 Å². The number of hydrogen-bond donors (Lipinski definition) is 2. The van der Waals surface area contributed by atoms with E-state index in [1.807, 2.05) is 6.92 Å². The molecule has 0 fully saturated rings. The van der Waals surface area contributed by atoms with E-state index >= 15 is 0 Å². The first-order valence-electron chi connectivity index (χ1n) is 11.2. The number of carbonyl (C=O) groups is 4. The van der Waals surface area contributed by atoms with Crippen molar-refractivity contribution < 1.29 is 52.7 Å². The van der Waals surface area contributed by atoms with E-state index in [0.717, 1.165) is 0 Å². The lowest BCUT2D eigenvalue weighted by Gasteiger charge is -2.25. The molecular weight excluding hydrogens is 466 g/mol. The van der Waals surface area contributed by atoms with E-state index in [-0.39, 0.29) is 37.2 Å². The predicted octanol–water partition coefficient (Wildman–Crippen LogP) is 3.98. The van der Waals surface area contributed by atoms with Gasteiger partial charge in [-0.1, -0.05) is 13.0 Å². The highest BCUT2D eigenvalue weighted by molar-refractivity contribution is 5.75. The van der Waals surface area contributed by atoms with Gasteiger partial charge >= 0.3 is 24.4 Å². The van der Waals surface area contributed by atoms with E-state index in [9.17, 15) is 24.3 Å². The van der Waals surface area contributed by atoms with Crippen LogP contribution in [0.5, 0.6) is 11.5 Å². The Morgan fingerprint density at radius 2 is 1.40 bits per heavy atom. The minimum atomic E-state index is -1.40. The molecule has 0 aliphatic heterocycles. The maximum Gasteiger partial charge on any atom is 0.513 e. The van der Waals surface area contributed by atoms with Gasteiger partial charge in [0.1, 0.15) is 18.2 Å². The maximum absolute atomic E-state index is 12.0. The first-order chi connectivity index (χ1) is 16.5. The molecule has 0 amide bonds. The maximum atomic E-state index is 12.0. The van der Waals surface area contributed by atoms with Gasteiger partial charge in [-0.25, -0.2) is 14.4 Å². The Labute approximate surface area is 203 Å². The molecule has 0 aromatic heterocycles. The van der Waals surface area contributed by atoms with Crippen molar-refractivity contribution in [2.24, 2.45) is 5.73 Å². The van der Waals surface area contributed by atoms with E-state index in [0.29, 0.717) is 12.0 Å². The van der Waals surface area contributed by atoms with Crippen LogP contribution in [0.15, 0.2) is 18.2 Å². The molecule has 0 saturated carbocycles. The Bertz CT molecular complexity index is 873. The summed E-state index contributed by atoms with van der Waals surface area (Å²) in [7, 11) is 0. The summed E-state index contributed by atoms with van der Waals surface area (Å²) in [4.78, 5) is 47.3. The minimum Gasteiger partial charge on any atom is -0.480 e. The normalized spacial score (nSPS) is 14.0. The molecule has 196 valence electrons.